The van der Waals surface area contributed by atoms with Gasteiger partial charge < -0.3 is 19.7 Å². The molecule has 0 spiro atoms. The van der Waals surface area contributed by atoms with Crippen LogP contribution in [0.15, 0.2) is 77.7 Å². The maximum Gasteiger partial charge on any atom is 0.264 e. The molecule has 11 heteroatoms. The molecule has 0 bridgehead atoms. The first kappa shape index (κ1) is 31.4. The molecule has 2 amide bonds. The number of rotatable bonds is 13. The van der Waals surface area contributed by atoms with Gasteiger partial charge in [0.1, 0.15) is 29.9 Å². The second kappa shape index (κ2) is 14.0. The topological polar surface area (TPSA) is 105 Å². The van der Waals surface area contributed by atoms with Gasteiger partial charge in [-0.2, -0.15) is 0 Å². The van der Waals surface area contributed by atoms with Gasteiger partial charge in [0, 0.05) is 12.6 Å². The number of methoxy groups -OCH3 is 2. The number of sulfonamides is 1. The summed E-state index contributed by atoms with van der Waals surface area (Å²) in [6.45, 7) is 4.67. The molecular weight excluding hydrogens is 549 g/mol. The molecule has 3 aromatic rings. The summed E-state index contributed by atoms with van der Waals surface area (Å²) in [5.41, 5.74) is 0.724. The lowest BCUT2D eigenvalue weighted by Gasteiger charge is -2.32. The first-order valence-electron chi connectivity index (χ1n) is 13.2. The van der Waals surface area contributed by atoms with E-state index in [2.05, 4.69) is 5.32 Å². The third-order valence-corrected chi connectivity index (χ3v) is 8.49. The van der Waals surface area contributed by atoms with E-state index >= 15 is 0 Å². The summed E-state index contributed by atoms with van der Waals surface area (Å²) in [4.78, 5) is 28.3. The van der Waals surface area contributed by atoms with Crippen molar-refractivity contribution in [3.05, 3.63) is 84.2 Å². The van der Waals surface area contributed by atoms with Crippen molar-refractivity contribution in [2.24, 2.45) is 0 Å². The monoisotopic (exact) mass is 585 g/mol. The van der Waals surface area contributed by atoms with E-state index in [1.54, 1.807) is 25.1 Å². The highest BCUT2D eigenvalue weighted by atomic mass is 32.2. The number of anilines is 1. The van der Waals surface area contributed by atoms with Crippen LogP contribution in [0.25, 0.3) is 0 Å². The molecule has 1 N–H and O–H groups in total. The van der Waals surface area contributed by atoms with Crippen LogP contribution in [0.1, 0.15) is 32.8 Å². The Bertz CT molecular complexity index is 1430. The lowest BCUT2D eigenvalue weighted by Crippen LogP contribution is -2.52. The van der Waals surface area contributed by atoms with Crippen molar-refractivity contribution in [2.45, 2.75) is 50.7 Å². The van der Waals surface area contributed by atoms with Gasteiger partial charge >= 0.3 is 0 Å². The fourth-order valence-electron chi connectivity index (χ4n) is 4.06. The Labute approximate surface area is 240 Å². The Morgan fingerprint density at radius 2 is 1.56 bits per heavy atom. The first-order valence-corrected chi connectivity index (χ1v) is 14.6. The Morgan fingerprint density at radius 1 is 0.927 bits per heavy atom. The van der Waals surface area contributed by atoms with Crippen molar-refractivity contribution in [2.75, 3.05) is 25.1 Å². The highest BCUT2D eigenvalue weighted by Gasteiger charge is 2.34. The zero-order chi connectivity index (χ0) is 30.2. The normalized spacial score (nSPS) is 12.6. The lowest BCUT2D eigenvalue weighted by atomic mass is 10.1. The predicted octanol–water partition coefficient (Wildman–Crippen LogP) is 4.37. The second-order valence-electron chi connectivity index (χ2n) is 9.50. The molecular formula is C30H36FN3O6S. The average Bonchev–Trinajstić information content (AvgIpc) is 2.98. The number of hydrogen-bond acceptors (Lipinski definition) is 6. The van der Waals surface area contributed by atoms with Crippen LogP contribution in [0.2, 0.25) is 0 Å². The van der Waals surface area contributed by atoms with Crippen LogP contribution in [0.3, 0.4) is 0 Å². The Kier molecular flexibility index (Phi) is 10.7. The average molecular weight is 586 g/mol. The number of ether oxygens (including phenoxy) is 2. The quantitative estimate of drug-likeness (QED) is 0.320. The molecule has 2 atom stereocenters. The van der Waals surface area contributed by atoms with Crippen LogP contribution in [0.4, 0.5) is 10.1 Å². The second-order valence-corrected chi connectivity index (χ2v) is 11.4. The van der Waals surface area contributed by atoms with Crippen molar-refractivity contribution in [3.8, 4) is 11.5 Å². The van der Waals surface area contributed by atoms with Gasteiger partial charge in [-0.3, -0.25) is 13.9 Å². The smallest absolute Gasteiger partial charge is 0.264 e. The number of nitrogens with zero attached hydrogens (tertiary/aromatic N) is 2. The lowest BCUT2D eigenvalue weighted by molar-refractivity contribution is -0.139. The van der Waals surface area contributed by atoms with Gasteiger partial charge in [0.2, 0.25) is 11.8 Å². The minimum absolute atomic E-state index is 0.0451. The van der Waals surface area contributed by atoms with Crippen LogP contribution in [0, 0.1) is 5.82 Å². The zero-order valence-corrected chi connectivity index (χ0v) is 24.7. The molecule has 9 nitrogen and oxygen atoms in total. The van der Waals surface area contributed by atoms with Crippen molar-refractivity contribution in [1.82, 2.24) is 10.2 Å². The minimum Gasteiger partial charge on any atom is -0.497 e. The number of halogens is 1. The number of nitrogens with one attached hydrogen (secondary N) is 1. The molecule has 0 aliphatic heterocycles. The van der Waals surface area contributed by atoms with E-state index in [0.29, 0.717) is 17.7 Å². The zero-order valence-electron chi connectivity index (χ0n) is 23.8. The number of benzene rings is 3. The number of carbonyl (C=O) groups is 2. The molecule has 0 fully saturated rings. The first-order chi connectivity index (χ1) is 19.5. The Morgan fingerprint density at radius 3 is 2.15 bits per heavy atom. The van der Waals surface area contributed by atoms with Crippen LogP contribution in [0.5, 0.6) is 11.5 Å². The van der Waals surface area contributed by atoms with E-state index < -0.39 is 40.2 Å². The summed E-state index contributed by atoms with van der Waals surface area (Å²) in [5.74, 6) is -0.761. The molecule has 0 saturated heterocycles. The van der Waals surface area contributed by atoms with Crippen LogP contribution in [-0.2, 0) is 26.2 Å². The summed E-state index contributed by atoms with van der Waals surface area (Å²) < 4.78 is 53.1. The number of carbonyl (C=O) groups excluding carboxylic acids is 2. The van der Waals surface area contributed by atoms with Gasteiger partial charge in [0.15, 0.2) is 0 Å². The third-order valence-electron chi connectivity index (χ3n) is 6.71. The largest absolute Gasteiger partial charge is 0.497 e. The molecule has 0 aliphatic rings. The van der Waals surface area contributed by atoms with E-state index in [1.165, 1.54) is 73.7 Å². The Balaban J connectivity index is 2.06. The molecule has 3 aromatic carbocycles. The minimum atomic E-state index is -4.29. The van der Waals surface area contributed by atoms with E-state index in [-0.39, 0.29) is 28.9 Å². The Hall–Kier alpha value is -4.12. The molecule has 0 saturated carbocycles. The standard InChI is InChI=1S/C30H36FN3O6S/c1-6-21(2)32-30(36)22(3)33(19-23-11-13-24(31)14-12-23)29(35)20-34(27-9-7-8-10-28(27)40-5)41(37,38)26-17-15-25(39-4)16-18-26/h7-18,21-22H,6,19-20H2,1-5H3,(H,32,36)/t21-,22-/m1/s1. The highest BCUT2D eigenvalue weighted by Crippen LogP contribution is 2.33. The summed E-state index contributed by atoms with van der Waals surface area (Å²) in [7, 11) is -1.41. The van der Waals surface area contributed by atoms with Crippen molar-refractivity contribution < 1.29 is 31.9 Å². The van der Waals surface area contributed by atoms with Gasteiger partial charge in [-0.1, -0.05) is 31.2 Å². The van der Waals surface area contributed by atoms with E-state index in [0.717, 1.165) is 4.31 Å². The van der Waals surface area contributed by atoms with E-state index in [4.69, 9.17) is 9.47 Å². The fraction of sp³-hybridized carbons (Fsp3) is 0.333. The SMILES string of the molecule is CC[C@@H](C)NC(=O)[C@@H](C)N(Cc1ccc(F)cc1)C(=O)CN(c1ccccc1OC)S(=O)(=O)c1ccc(OC)cc1. The highest BCUT2D eigenvalue weighted by molar-refractivity contribution is 7.92. The van der Waals surface area contributed by atoms with Gasteiger partial charge in [-0.05, 0) is 74.4 Å². The van der Waals surface area contributed by atoms with Gasteiger partial charge in [0.05, 0.1) is 24.8 Å². The van der Waals surface area contributed by atoms with Gasteiger partial charge in [-0.15, -0.1) is 0 Å². The predicted molar refractivity (Wildman–Crippen MR) is 155 cm³/mol. The van der Waals surface area contributed by atoms with Gasteiger partial charge in [-0.25, -0.2) is 12.8 Å². The maximum atomic E-state index is 14.0. The summed E-state index contributed by atoms with van der Waals surface area (Å²) in [6, 6.07) is 16.7. The number of amides is 2. The van der Waals surface area contributed by atoms with Crippen LogP contribution < -0.4 is 19.1 Å². The molecule has 0 radical (unpaired) electrons. The molecule has 0 aromatic heterocycles. The molecule has 41 heavy (non-hydrogen) atoms. The molecule has 0 unspecified atom stereocenters. The number of para-hydroxylation sites is 2. The summed E-state index contributed by atoms with van der Waals surface area (Å²) >= 11 is 0. The maximum absolute atomic E-state index is 14.0. The molecule has 0 heterocycles. The van der Waals surface area contributed by atoms with Crippen LogP contribution in [-0.4, -0.2) is 58.0 Å². The molecule has 3 rings (SSSR count). The third kappa shape index (κ3) is 7.75. The van der Waals surface area contributed by atoms with Crippen molar-refractivity contribution in [1.29, 1.82) is 0 Å². The van der Waals surface area contributed by atoms with Crippen molar-refractivity contribution >= 4 is 27.5 Å². The van der Waals surface area contributed by atoms with E-state index in [9.17, 15) is 22.4 Å². The molecule has 0 aliphatic carbocycles. The fourth-order valence-corrected chi connectivity index (χ4v) is 5.48. The van der Waals surface area contributed by atoms with Gasteiger partial charge in [0.25, 0.3) is 10.0 Å². The van der Waals surface area contributed by atoms with Crippen molar-refractivity contribution in [3.63, 3.8) is 0 Å². The van der Waals surface area contributed by atoms with Crippen LogP contribution >= 0.6 is 0 Å². The molecule has 220 valence electrons. The summed E-state index contributed by atoms with van der Waals surface area (Å²) in [6.07, 6.45) is 0.687. The number of hydrogen-bond donors (Lipinski definition) is 1. The van der Waals surface area contributed by atoms with E-state index in [1.807, 2.05) is 13.8 Å². The summed E-state index contributed by atoms with van der Waals surface area (Å²) in [5, 5.41) is 2.87.